The van der Waals surface area contributed by atoms with Gasteiger partial charge in [0.2, 0.25) is 0 Å². The normalized spacial score (nSPS) is 9.75. The maximum absolute atomic E-state index is 8.94. The summed E-state index contributed by atoms with van der Waals surface area (Å²) in [6.07, 6.45) is 3.12. The molecule has 0 saturated heterocycles. The van der Waals surface area contributed by atoms with Gasteiger partial charge in [0, 0.05) is 0 Å². The number of methoxy groups -OCH3 is 1. The van der Waals surface area contributed by atoms with E-state index in [2.05, 4.69) is 16.2 Å². The number of nitrogens with zero attached hydrogens (tertiary/aromatic N) is 4. The standard InChI is InChI=1S/C11H10N4O/c1-16-11-3-2-9(4-10(11)5-12)6-15-8-13-7-14-15/h2-4,7-8H,6H2,1H3. The largest absolute Gasteiger partial charge is 0.495 e. The predicted molar refractivity (Wildman–Crippen MR) is 56.8 cm³/mol. The van der Waals surface area contributed by atoms with Crippen LogP contribution >= 0.6 is 0 Å². The number of nitriles is 1. The molecule has 0 aliphatic carbocycles. The molecular formula is C11H10N4O. The van der Waals surface area contributed by atoms with Gasteiger partial charge in [0.05, 0.1) is 19.2 Å². The lowest BCUT2D eigenvalue weighted by Gasteiger charge is -2.05. The van der Waals surface area contributed by atoms with Gasteiger partial charge in [-0.2, -0.15) is 10.4 Å². The van der Waals surface area contributed by atoms with Crippen LogP contribution in [0.5, 0.6) is 5.75 Å². The highest BCUT2D eigenvalue weighted by atomic mass is 16.5. The summed E-state index contributed by atoms with van der Waals surface area (Å²) in [5.41, 5.74) is 1.52. The van der Waals surface area contributed by atoms with E-state index in [1.807, 2.05) is 6.07 Å². The molecule has 0 amide bonds. The van der Waals surface area contributed by atoms with E-state index in [9.17, 15) is 0 Å². The molecule has 0 bridgehead atoms. The minimum absolute atomic E-state index is 0.528. The average molecular weight is 214 g/mol. The first-order chi connectivity index (χ1) is 7.83. The van der Waals surface area contributed by atoms with E-state index in [-0.39, 0.29) is 0 Å². The van der Waals surface area contributed by atoms with Crippen LogP contribution in [-0.2, 0) is 6.54 Å². The minimum atomic E-state index is 0.528. The summed E-state index contributed by atoms with van der Waals surface area (Å²) in [6, 6.07) is 7.58. The van der Waals surface area contributed by atoms with E-state index in [4.69, 9.17) is 10.00 Å². The Kier molecular flexibility index (Phi) is 2.83. The van der Waals surface area contributed by atoms with Crippen molar-refractivity contribution < 1.29 is 4.74 Å². The first-order valence-electron chi connectivity index (χ1n) is 4.73. The van der Waals surface area contributed by atoms with Crippen LogP contribution in [0.15, 0.2) is 30.9 Å². The van der Waals surface area contributed by atoms with E-state index in [0.717, 1.165) is 5.56 Å². The third-order valence-electron chi connectivity index (χ3n) is 2.20. The number of hydrogen-bond acceptors (Lipinski definition) is 4. The fourth-order valence-electron chi connectivity index (χ4n) is 1.44. The van der Waals surface area contributed by atoms with Crippen molar-refractivity contribution in [3.63, 3.8) is 0 Å². The molecule has 80 valence electrons. The molecule has 0 unspecified atom stereocenters. The minimum Gasteiger partial charge on any atom is -0.495 e. The second kappa shape index (κ2) is 4.45. The number of rotatable bonds is 3. The molecule has 0 radical (unpaired) electrons. The van der Waals surface area contributed by atoms with Crippen molar-refractivity contribution in [3.05, 3.63) is 42.0 Å². The topological polar surface area (TPSA) is 63.7 Å². The number of benzene rings is 1. The third-order valence-corrected chi connectivity index (χ3v) is 2.20. The number of aromatic nitrogens is 3. The lowest BCUT2D eigenvalue weighted by atomic mass is 10.1. The first kappa shape index (κ1) is 10.2. The molecule has 5 nitrogen and oxygen atoms in total. The van der Waals surface area contributed by atoms with Gasteiger partial charge >= 0.3 is 0 Å². The van der Waals surface area contributed by atoms with Gasteiger partial charge in [0.15, 0.2) is 0 Å². The third kappa shape index (κ3) is 2.01. The summed E-state index contributed by atoms with van der Waals surface area (Å²) in [4.78, 5) is 3.86. The average Bonchev–Trinajstić information content (AvgIpc) is 2.81. The molecule has 0 aliphatic rings. The molecule has 0 saturated carbocycles. The highest BCUT2D eigenvalue weighted by Gasteiger charge is 2.04. The number of ether oxygens (including phenoxy) is 1. The maximum Gasteiger partial charge on any atom is 0.137 e. The van der Waals surface area contributed by atoms with Crippen molar-refractivity contribution in [1.82, 2.24) is 14.8 Å². The molecule has 5 heteroatoms. The van der Waals surface area contributed by atoms with Gasteiger partial charge in [-0.15, -0.1) is 0 Å². The van der Waals surface area contributed by atoms with Crippen LogP contribution in [0, 0.1) is 11.3 Å². The maximum atomic E-state index is 8.94. The van der Waals surface area contributed by atoms with Crippen molar-refractivity contribution in [2.45, 2.75) is 6.54 Å². The van der Waals surface area contributed by atoms with Gasteiger partial charge in [-0.25, -0.2) is 9.67 Å². The van der Waals surface area contributed by atoms with E-state index in [1.165, 1.54) is 6.33 Å². The molecule has 1 heterocycles. The van der Waals surface area contributed by atoms with Crippen LogP contribution in [0.1, 0.15) is 11.1 Å². The van der Waals surface area contributed by atoms with Crippen molar-refractivity contribution in [1.29, 1.82) is 5.26 Å². The Bertz CT molecular complexity index is 513. The second-order valence-corrected chi connectivity index (χ2v) is 3.24. The molecule has 0 N–H and O–H groups in total. The van der Waals surface area contributed by atoms with Crippen LogP contribution in [0.2, 0.25) is 0 Å². The Morgan fingerprint density at radius 1 is 1.50 bits per heavy atom. The van der Waals surface area contributed by atoms with Crippen molar-refractivity contribution in [2.75, 3.05) is 7.11 Å². The molecular weight excluding hydrogens is 204 g/mol. The van der Waals surface area contributed by atoms with Gasteiger partial charge in [0.25, 0.3) is 0 Å². The molecule has 2 aromatic rings. The summed E-state index contributed by atoms with van der Waals surface area (Å²) in [7, 11) is 1.55. The fraction of sp³-hybridized carbons (Fsp3) is 0.182. The summed E-state index contributed by atoms with van der Waals surface area (Å²) >= 11 is 0. The van der Waals surface area contributed by atoms with Crippen molar-refractivity contribution in [2.24, 2.45) is 0 Å². The highest BCUT2D eigenvalue weighted by Crippen LogP contribution is 2.19. The molecule has 0 atom stereocenters. The quantitative estimate of drug-likeness (QED) is 0.770. The summed E-state index contributed by atoms with van der Waals surface area (Å²) in [5, 5.41) is 12.9. The van der Waals surface area contributed by atoms with Gasteiger partial charge < -0.3 is 4.74 Å². The lowest BCUT2D eigenvalue weighted by Crippen LogP contribution is -2.00. The van der Waals surface area contributed by atoms with Gasteiger partial charge in [-0.05, 0) is 17.7 Å². The van der Waals surface area contributed by atoms with Crippen LogP contribution in [0.4, 0.5) is 0 Å². The summed E-state index contributed by atoms with van der Waals surface area (Å²) in [6.45, 7) is 0.596. The van der Waals surface area contributed by atoms with E-state index in [1.54, 1.807) is 30.3 Å². The zero-order valence-corrected chi connectivity index (χ0v) is 8.79. The fourth-order valence-corrected chi connectivity index (χ4v) is 1.44. The second-order valence-electron chi connectivity index (χ2n) is 3.24. The SMILES string of the molecule is COc1ccc(Cn2cncn2)cc1C#N. The van der Waals surface area contributed by atoms with E-state index < -0.39 is 0 Å². The van der Waals surface area contributed by atoms with E-state index >= 15 is 0 Å². The predicted octanol–water partition coefficient (Wildman–Crippen LogP) is 1.21. The Labute approximate surface area is 92.9 Å². The van der Waals surface area contributed by atoms with Crippen LogP contribution < -0.4 is 4.74 Å². The Balaban J connectivity index is 2.27. The monoisotopic (exact) mass is 214 g/mol. The smallest absolute Gasteiger partial charge is 0.137 e. The number of hydrogen-bond donors (Lipinski definition) is 0. The molecule has 0 fully saturated rings. The first-order valence-corrected chi connectivity index (χ1v) is 4.73. The van der Waals surface area contributed by atoms with Crippen LogP contribution in [0.3, 0.4) is 0 Å². The molecule has 16 heavy (non-hydrogen) atoms. The van der Waals surface area contributed by atoms with Crippen LogP contribution in [0.25, 0.3) is 0 Å². The zero-order valence-electron chi connectivity index (χ0n) is 8.79. The lowest BCUT2D eigenvalue weighted by molar-refractivity contribution is 0.413. The summed E-state index contributed by atoms with van der Waals surface area (Å²) < 4.78 is 6.77. The molecule has 0 aliphatic heterocycles. The Morgan fingerprint density at radius 3 is 3.00 bits per heavy atom. The molecule has 0 spiro atoms. The van der Waals surface area contributed by atoms with Gasteiger partial charge in [0.1, 0.15) is 24.5 Å². The molecule has 1 aromatic heterocycles. The van der Waals surface area contributed by atoms with Crippen molar-refractivity contribution >= 4 is 0 Å². The Hall–Kier alpha value is -2.35. The van der Waals surface area contributed by atoms with E-state index in [0.29, 0.717) is 17.9 Å². The van der Waals surface area contributed by atoms with Crippen LogP contribution in [-0.4, -0.2) is 21.9 Å². The molecule has 1 aromatic carbocycles. The van der Waals surface area contributed by atoms with Gasteiger partial charge in [-0.1, -0.05) is 6.07 Å². The highest BCUT2D eigenvalue weighted by molar-refractivity contribution is 5.45. The molecule has 2 rings (SSSR count). The summed E-state index contributed by atoms with van der Waals surface area (Å²) in [5.74, 6) is 0.588. The van der Waals surface area contributed by atoms with Gasteiger partial charge in [-0.3, -0.25) is 0 Å². The zero-order chi connectivity index (χ0) is 11.4. The Morgan fingerprint density at radius 2 is 2.38 bits per heavy atom. The van der Waals surface area contributed by atoms with Crippen molar-refractivity contribution in [3.8, 4) is 11.8 Å².